The molecule has 2 aromatic rings. The van der Waals surface area contributed by atoms with Gasteiger partial charge >= 0.3 is 0 Å². The van der Waals surface area contributed by atoms with Crippen molar-refractivity contribution in [2.24, 2.45) is 5.14 Å². The summed E-state index contributed by atoms with van der Waals surface area (Å²) in [5.41, 5.74) is 1.13. The second kappa shape index (κ2) is 4.13. The molecule has 0 bridgehead atoms. The molecule has 0 aliphatic heterocycles. The lowest BCUT2D eigenvalue weighted by molar-refractivity contribution is 0.598. The number of fused-ring (bicyclic) bond motifs is 1. The van der Waals surface area contributed by atoms with Gasteiger partial charge in [0.2, 0.25) is 10.0 Å². The second-order valence-electron chi connectivity index (χ2n) is 4.40. The van der Waals surface area contributed by atoms with Crippen molar-refractivity contribution in [3.8, 4) is 0 Å². The van der Waals surface area contributed by atoms with Gasteiger partial charge in [0.05, 0.1) is 4.90 Å². The lowest BCUT2D eigenvalue weighted by atomic mass is 9.96. The number of nitrogens with two attached hydrogens (primary N) is 1. The van der Waals surface area contributed by atoms with E-state index in [4.69, 9.17) is 5.14 Å². The van der Waals surface area contributed by atoms with Gasteiger partial charge in [-0.15, -0.1) is 0 Å². The van der Waals surface area contributed by atoms with Crippen molar-refractivity contribution in [2.45, 2.75) is 24.7 Å². The van der Waals surface area contributed by atoms with E-state index < -0.39 is 10.0 Å². The zero-order valence-electron chi connectivity index (χ0n) is 9.84. The third-order valence-corrected chi connectivity index (χ3v) is 3.82. The molecule has 0 unspecified atom stereocenters. The summed E-state index contributed by atoms with van der Waals surface area (Å²) in [6, 6.07) is 10.9. The second-order valence-corrected chi connectivity index (χ2v) is 5.93. The molecule has 90 valence electrons. The molecular formula is C13H15NO2S. The van der Waals surface area contributed by atoms with Gasteiger partial charge in [0.15, 0.2) is 0 Å². The summed E-state index contributed by atoms with van der Waals surface area (Å²) in [7, 11) is -3.67. The fourth-order valence-corrected chi connectivity index (χ4v) is 2.79. The molecule has 2 aromatic carbocycles. The number of primary sulfonamides is 1. The number of sulfonamides is 1. The van der Waals surface area contributed by atoms with Crippen molar-refractivity contribution < 1.29 is 8.42 Å². The topological polar surface area (TPSA) is 60.2 Å². The summed E-state index contributed by atoms with van der Waals surface area (Å²) in [5, 5.41) is 6.87. The molecule has 17 heavy (non-hydrogen) atoms. The Morgan fingerprint density at radius 2 is 1.59 bits per heavy atom. The van der Waals surface area contributed by atoms with E-state index in [9.17, 15) is 8.42 Å². The van der Waals surface area contributed by atoms with Crippen LogP contribution in [-0.4, -0.2) is 8.42 Å². The van der Waals surface area contributed by atoms with E-state index in [0.29, 0.717) is 11.3 Å². The van der Waals surface area contributed by atoms with Gasteiger partial charge in [-0.25, -0.2) is 13.6 Å². The molecule has 0 spiro atoms. The van der Waals surface area contributed by atoms with Crippen LogP contribution in [-0.2, 0) is 10.0 Å². The van der Waals surface area contributed by atoms with E-state index in [1.165, 1.54) is 0 Å². The summed E-state index contributed by atoms with van der Waals surface area (Å²) in [6.45, 7) is 4.16. The first-order valence-corrected chi connectivity index (χ1v) is 7.00. The highest BCUT2D eigenvalue weighted by atomic mass is 32.2. The van der Waals surface area contributed by atoms with Crippen LogP contribution in [0.25, 0.3) is 10.8 Å². The number of hydrogen-bond acceptors (Lipinski definition) is 2. The van der Waals surface area contributed by atoms with Crippen molar-refractivity contribution in [1.82, 2.24) is 0 Å². The Kier molecular flexibility index (Phi) is 2.93. The summed E-state index contributed by atoms with van der Waals surface area (Å²) < 4.78 is 23.0. The summed E-state index contributed by atoms with van der Waals surface area (Å²) in [4.78, 5) is 0.192. The standard InChI is InChI=1S/C13H15NO2S/c1-9(2)10-7-8-13(17(14,15)16)12-6-4-3-5-11(10)12/h3-9H,1-2H3,(H2,14,15,16). The third kappa shape index (κ3) is 2.18. The van der Waals surface area contributed by atoms with Crippen molar-refractivity contribution in [3.05, 3.63) is 42.0 Å². The van der Waals surface area contributed by atoms with Gasteiger partial charge in [0, 0.05) is 5.39 Å². The van der Waals surface area contributed by atoms with Gasteiger partial charge in [0.1, 0.15) is 0 Å². The lowest BCUT2D eigenvalue weighted by Crippen LogP contribution is -2.13. The Labute approximate surface area is 101 Å². The molecular weight excluding hydrogens is 234 g/mol. The minimum atomic E-state index is -3.67. The number of rotatable bonds is 2. The Bertz CT molecular complexity index is 660. The smallest absolute Gasteiger partial charge is 0.225 e. The maximum absolute atomic E-state index is 11.5. The summed E-state index contributed by atoms with van der Waals surface area (Å²) in [6.07, 6.45) is 0. The molecule has 0 radical (unpaired) electrons. The molecule has 0 amide bonds. The summed E-state index contributed by atoms with van der Waals surface area (Å²) >= 11 is 0. The first-order valence-electron chi connectivity index (χ1n) is 5.45. The highest BCUT2D eigenvalue weighted by Gasteiger charge is 2.15. The predicted molar refractivity (Wildman–Crippen MR) is 69.4 cm³/mol. The molecule has 4 heteroatoms. The molecule has 0 aromatic heterocycles. The molecule has 0 atom stereocenters. The minimum Gasteiger partial charge on any atom is -0.225 e. The highest BCUT2D eigenvalue weighted by Crippen LogP contribution is 2.29. The molecule has 0 heterocycles. The first-order chi connectivity index (χ1) is 7.91. The summed E-state index contributed by atoms with van der Waals surface area (Å²) in [5.74, 6) is 0.342. The van der Waals surface area contributed by atoms with E-state index >= 15 is 0 Å². The van der Waals surface area contributed by atoms with E-state index in [1.54, 1.807) is 12.1 Å². The third-order valence-electron chi connectivity index (χ3n) is 2.85. The number of hydrogen-bond donors (Lipinski definition) is 1. The fourth-order valence-electron chi connectivity index (χ4n) is 2.05. The normalized spacial score (nSPS) is 12.2. The Balaban J connectivity index is 2.90. The molecule has 2 rings (SSSR count). The molecule has 0 saturated heterocycles. The van der Waals surface area contributed by atoms with Gasteiger partial charge in [-0.05, 0) is 22.9 Å². The minimum absolute atomic E-state index is 0.192. The van der Waals surface area contributed by atoms with Crippen LogP contribution in [0.1, 0.15) is 25.3 Å². The van der Waals surface area contributed by atoms with Gasteiger partial charge in [0.25, 0.3) is 0 Å². The maximum Gasteiger partial charge on any atom is 0.238 e. The van der Waals surface area contributed by atoms with Crippen molar-refractivity contribution in [1.29, 1.82) is 0 Å². The average Bonchev–Trinajstić information content (AvgIpc) is 2.26. The van der Waals surface area contributed by atoms with Crippen LogP contribution in [0.2, 0.25) is 0 Å². The van der Waals surface area contributed by atoms with Crippen LogP contribution in [0.4, 0.5) is 0 Å². The monoisotopic (exact) mass is 249 g/mol. The number of benzene rings is 2. The van der Waals surface area contributed by atoms with Crippen LogP contribution in [0.15, 0.2) is 41.3 Å². The van der Waals surface area contributed by atoms with Gasteiger partial charge < -0.3 is 0 Å². The van der Waals surface area contributed by atoms with Crippen LogP contribution in [0, 0.1) is 0 Å². The molecule has 2 N–H and O–H groups in total. The largest absolute Gasteiger partial charge is 0.238 e. The van der Waals surface area contributed by atoms with E-state index in [-0.39, 0.29) is 4.90 Å². The van der Waals surface area contributed by atoms with Gasteiger partial charge in [-0.1, -0.05) is 44.2 Å². The highest BCUT2D eigenvalue weighted by molar-refractivity contribution is 7.89. The van der Waals surface area contributed by atoms with Crippen LogP contribution >= 0.6 is 0 Å². The van der Waals surface area contributed by atoms with Gasteiger partial charge in [-0.2, -0.15) is 0 Å². The van der Waals surface area contributed by atoms with E-state index in [1.807, 2.05) is 24.3 Å². The van der Waals surface area contributed by atoms with Crippen molar-refractivity contribution in [2.75, 3.05) is 0 Å². The molecule has 0 aliphatic rings. The average molecular weight is 249 g/mol. The Morgan fingerprint density at radius 1 is 1.00 bits per heavy atom. The molecule has 0 aliphatic carbocycles. The maximum atomic E-state index is 11.5. The molecule has 0 saturated carbocycles. The lowest BCUT2D eigenvalue weighted by Gasteiger charge is -2.12. The van der Waals surface area contributed by atoms with Crippen molar-refractivity contribution in [3.63, 3.8) is 0 Å². The predicted octanol–water partition coefficient (Wildman–Crippen LogP) is 2.61. The van der Waals surface area contributed by atoms with Crippen LogP contribution in [0.3, 0.4) is 0 Å². The molecule has 3 nitrogen and oxygen atoms in total. The van der Waals surface area contributed by atoms with E-state index in [0.717, 1.165) is 10.9 Å². The van der Waals surface area contributed by atoms with Crippen molar-refractivity contribution >= 4 is 20.8 Å². The SMILES string of the molecule is CC(C)c1ccc(S(N)(=O)=O)c2ccccc12. The first kappa shape index (κ1) is 12.1. The van der Waals surface area contributed by atoms with Crippen LogP contribution < -0.4 is 5.14 Å². The molecule has 0 fully saturated rings. The van der Waals surface area contributed by atoms with E-state index in [2.05, 4.69) is 13.8 Å². The zero-order chi connectivity index (χ0) is 12.6. The Morgan fingerprint density at radius 3 is 2.12 bits per heavy atom. The zero-order valence-corrected chi connectivity index (χ0v) is 10.7. The van der Waals surface area contributed by atoms with Crippen LogP contribution in [0.5, 0.6) is 0 Å². The van der Waals surface area contributed by atoms with Gasteiger partial charge in [-0.3, -0.25) is 0 Å². The quantitative estimate of drug-likeness (QED) is 0.889. The fraction of sp³-hybridized carbons (Fsp3) is 0.231. The Hall–Kier alpha value is -1.39.